The molecule has 0 aromatic heterocycles. The second-order valence-corrected chi connectivity index (χ2v) is 1.12. The number of carboxylic acid groups (broad SMARTS) is 1. The van der Waals surface area contributed by atoms with Gasteiger partial charge in [0.05, 0.1) is 0 Å². The number of aliphatic carboxylic acids is 1. The first-order chi connectivity index (χ1) is 4.04. The van der Waals surface area contributed by atoms with Crippen molar-refractivity contribution in [3.63, 3.8) is 0 Å². The van der Waals surface area contributed by atoms with Gasteiger partial charge in [0.25, 0.3) is 0 Å². The van der Waals surface area contributed by atoms with Gasteiger partial charge in [-0.25, -0.2) is 9.59 Å². The average molecular weight is 149 g/mol. The van der Waals surface area contributed by atoms with E-state index in [-0.39, 0.29) is 6.15 Å². The summed E-state index contributed by atoms with van der Waals surface area (Å²) in [7, 11) is 0. The lowest BCUT2D eigenvalue weighted by atomic mass is 10.6. The summed E-state index contributed by atoms with van der Waals surface area (Å²) in [6.07, 6.45) is 0. The third-order valence-electron chi connectivity index (χ3n) is 0.431. The van der Waals surface area contributed by atoms with Crippen LogP contribution in [0.25, 0.3) is 0 Å². The zero-order chi connectivity index (χ0) is 7.44. The van der Waals surface area contributed by atoms with Crippen LogP contribution in [0.4, 0.5) is 4.79 Å². The fourth-order valence-electron chi connectivity index (χ4n) is 0.165. The maximum absolute atomic E-state index is 9.94. The Bertz CT molecular complexity index is 165. The van der Waals surface area contributed by atoms with E-state index in [1.165, 1.54) is 5.32 Å². The van der Waals surface area contributed by atoms with Gasteiger partial charge in [-0.2, -0.15) is 0 Å². The molecule has 0 aliphatic carbocycles. The molecule has 0 unspecified atom stereocenters. The second-order valence-electron chi connectivity index (χ2n) is 1.12. The van der Waals surface area contributed by atoms with Gasteiger partial charge >= 0.3 is 17.9 Å². The van der Waals surface area contributed by atoms with Crippen molar-refractivity contribution in [2.24, 2.45) is 5.73 Å². The van der Waals surface area contributed by atoms with E-state index in [9.17, 15) is 14.4 Å². The van der Waals surface area contributed by atoms with Crippen LogP contribution >= 0.6 is 0 Å². The highest BCUT2D eigenvalue weighted by molar-refractivity contribution is 6.34. The minimum absolute atomic E-state index is 0. The number of carboxylic acids is 1. The van der Waals surface area contributed by atoms with Crippen molar-refractivity contribution in [1.29, 1.82) is 0 Å². The number of primary amides is 1. The molecule has 7 N–H and O–H groups in total. The maximum Gasteiger partial charge on any atom is 0.394 e. The second kappa shape index (κ2) is 4.27. The van der Waals surface area contributed by atoms with Gasteiger partial charge in [-0.1, -0.05) is 0 Å². The Morgan fingerprint density at radius 2 is 1.70 bits per heavy atom. The summed E-state index contributed by atoms with van der Waals surface area (Å²) in [5, 5.41) is 9.15. The van der Waals surface area contributed by atoms with E-state index in [2.05, 4.69) is 5.73 Å². The Morgan fingerprint density at radius 1 is 1.30 bits per heavy atom. The molecule has 0 aromatic carbocycles. The summed E-state index contributed by atoms with van der Waals surface area (Å²) in [6, 6.07) is -1.18. The monoisotopic (exact) mass is 149 g/mol. The third kappa shape index (κ3) is 4.53. The fraction of sp³-hybridized carbons (Fsp3) is 0. The van der Waals surface area contributed by atoms with Crippen LogP contribution in [0.2, 0.25) is 0 Å². The molecule has 0 bridgehead atoms. The SMILES string of the molecule is N.NC(=O)NC(=O)C(=O)O. The summed E-state index contributed by atoms with van der Waals surface area (Å²) in [4.78, 5) is 29.3. The number of nitrogens with two attached hydrogens (primary N) is 1. The Morgan fingerprint density at radius 3 is 1.80 bits per heavy atom. The summed E-state index contributed by atoms with van der Waals surface area (Å²) in [6.45, 7) is 0. The minimum Gasteiger partial charge on any atom is -0.474 e. The standard InChI is InChI=1S/C3H4N2O4.H3N/c4-3(9)5-1(6)2(7)8;/h(H,7,8)(H3,4,5,6,9);1H3. The number of imide groups is 1. The lowest BCUT2D eigenvalue weighted by Crippen LogP contribution is -2.39. The molecule has 0 heterocycles. The minimum atomic E-state index is -1.74. The molecule has 0 rings (SSSR count). The molecule has 10 heavy (non-hydrogen) atoms. The van der Waals surface area contributed by atoms with Crippen LogP contribution < -0.4 is 17.2 Å². The molecule has 0 radical (unpaired) electrons. The van der Waals surface area contributed by atoms with Crippen molar-refractivity contribution in [1.82, 2.24) is 11.5 Å². The Kier molecular flexibility index (Phi) is 4.78. The van der Waals surface area contributed by atoms with Crippen LogP contribution in [-0.2, 0) is 9.59 Å². The predicted molar refractivity (Wildman–Crippen MR) is 30.4 cm³/mol. The Labute approximate surface area is 55.8 Å². The van der Waals surface area contributed by atoms with Gasteiger partial charge in [0.2, 0.25) is 0 Å². The zero-order valence-electron chi connectivity index (χ0n) is 4.96. The van der Waals surface area contributed by atoms with Gasteiger partial charge < -0.3 is 17.0 Å². The highest BCUT2D eigenvalue weighted by atomic mass is 16.4. The summed E-state index contributed by atoms with van der Waals surface area (Å²) in [5.74, 6) is -3.17. The smallest absolute Gasteiger partial charge is 0.394 e. The molecule has 0 aromatic rings. The fourth-order valence-corrected chi connectivity index (χ4v) is 0.165. The molecule has 7 heteroatoms. The molecule has 58 valence electrons. The highest BCUT2D eigenvalue weighted by Crippen LogP contribution is 1.63. The number of carbonyl (C=O) groups is 3. The van der Waals surface area contributed by atoms with Crippen LogP contribution in [0.5, 0.6) is 0 Å². The topological polar surface area (TPSA) is 144 Å². The molecule has 0 saturated heterocycles. The van der Waals surface area contributed by atoms with Crippen molar-refractivity contribution in [2.75, 3.05) is 0 Å². The number of hydrogen-bond donors (Lipinski definition) is 4. The number of hydrogen-bond acceptors (Lipinski definition) is 4. The lowest BCUT2D eigenvalue weighted by Gasteiger charge is -1.90. The number of amides is 3. The van der Waals surface area contributed by atoms with E-state index < -0.39 is 17.9 Å². The van der Waals surface area contributed by atoms with Crippen LogP contribution in [-0.4, -0.2) is 23.0 Å². The van der Waals surface area contributed by atoms with Crippen LogP contribution in [0, 0.1) is 0 Å². The molecule has 0 fully saturated rings. The third-order valence-corrected chi connectivity index (χ3v) is 0.431. The number of nitrogens with one attached hydrogen (secondary N) is 1. The van der Waals surface area contributed by atoms with E-state index in [0.717, 1.165) is 0 Å². The number of urea groups is 1. The lowest BCUT2D eigenvalue weighted by molar-refractivity contribution is -0.149. The van der Waals surface area contributed by atoms with E-state index >= 15 is 0 Å². The van der Waals surface area contributed by atoms with Crippen LogP contribution in [0.3, 0.4) is 0 Å². The molecule has 0 atom stereocenters. The van der Waals surface area contributed by atoms with Crippen LogP contribution in [0.15, 0.2) is 0 Å². The number of carbonyl (C=O) groups excluding carboxylic acids is 2. The van der Waals surface area contributed by atoms with E-state index in [1.54, 1.807) is 0 Å². The van der Waals surface area contributed by atoms with E-state index in [0.29, 0.717) is 0 Å². The maximum atomic E-state index is 9.94. The quantitative estimate of drug-likeness (QED) is 0.307. The molecule has 3 amide bonds. The van der Waals surface area contributed by atoms with Gasteiger partial charge in [0.1, 0.15) is 0 Å². The Balaban J connectivity index is 0. The molecule has 0 spiro atoms. The summed E-state index contributed by atoms with van der Waals surface area (Å²) >= 11 is 0. The van der Waals surface area contributed by atoms with Gasteiger partial charge in [0, 0.05) is 0 Å². The van der Waals surface area contributed by atoms with Gasteiger partial charge in [-0.05, 0) is 0 Å². The summed E-state index contributed by atoms with van der Waals surface area (Å²) < 4.78 is 0. The van der Waals surface area contributed by atoms with Gasteiger partial charge in [0.15, 0.2) is 0 Å². The van der Waals surface area contributed by atoms with E-state index in [1.807, 2.05) is 0 Å². The largest absolute Gasteiger partial charge is 0.474 e. The molecule has 0 aliphatic heterocycles. The molecular weight excluding hydrogens is 142 g/mol. The van der Waals surface area contributed by atoms with Crippen LogP contribution in [0.1, 0.15) is 0 Å². The summed E-state index contributed by atoms with van der Waals surface area (Å²) in [5.41, 5.74) is 4.40. The van der Waals surface area contributed by atoms with Gasteiger partial charge in [-0.15, -0.1) is 0 Å². The molecule has 0 saturated carbocycles. The first-order valence-electron chi connectivity index (χ1n) is 1.87. The van der Waals surface area contributed by atoms with Crippen molar-refractivity contribution in [2.45, 2.75) is 0 Å². The Hall–Kier alpha value is -1.63. The first-order valence-corrected chi connectivity index (χ1v) is 1.87. The zero-order valence-corrected chi connectivity index (χ0v) is 4.96. The van der Waals surface area contributed by atoms with Crippen molar-refractivity contribution < 1.29 is 19.5 Å². The van der Waals surface area contributed by atoms with Crippen molar-refractivity contribution in [3.8, 4) is 0 Å². The molecule has 0 aliphatic rings. The van der Waals surface area contributed by atoms with E-state index in [4.69, 9.17) is 5.11 Å². The van der Waals surface area contributed by atoms with Crippen molar-refractivity contribution >= 4 is 17.9 Å². The van der Waals surface area contributed by atoms with Gasteiger partial charge in [-0.3, -0.25) is 10.1 Å². The normalized spacial score (nSPS) is 7.20. The average Bonchev–Trinajstić information content (AvgIpc) is 1.63. The predicted octanol–water partition coefficient (Wildman–Crippen LogP) is -1.57. The van der Waals surface area contributed by atoms with Crippen molar-refractivity contribution in [3.05, 3.63) is 0 Å². The number of rotatable bonds is 0. The molecular formula is C3H7N3O4. The first kappa shape index (κ1) is 11.2. The molecule has 7 nitrogen and oxygen atoms in total. The highest BCUT2D eigenvalue weighted by Gasteiger charge is 2.11.